The van der Waals surface area contributed by atoms with Crippen molar-refractivity contribution in [2.45, 2.75) is 25.5 Å². The Balaban J connectivity index is 1.25. The molecule has 3 aromatic carbocycles. The fourth-order valence-corrected chi connectivity index (χ4v) is 4.07. The first-order valence-corrected chi connectivity index (χ1v) is 11.7. The molecule has 1 fully saturated rings. The van der Waals surface area contributed by atoms with Crippen LogP contribution in [-0.2, 0) is 16.1 Å². The van der Waals surface area contributed by atoms with Gasteiger partial charge < -0.3 is 18.6 Å². The van der Waals surface area contributed by atoms with E-state index < -0.39 is 29.4 Å². The number of hydrogen-bond donors (Lipinski definition) is 0. The summed E-state index contributed by atoms with van der Waals surface area (Å²) < 4.78 is 35.0. The van der Waals surface area contributed by atoms with Gasteiger partial charge in [0.05, 0.1) is 5.39 Å². The van der Waals surface area contributed by atoms with Gasteiger partial charge >= 0.3 is 12.1 Å². The third kappa shape index (κ3) is 5.45. The molecule has 4 aromatic rings. The number of amides is 1. The molecule has 0 spiro atoms. The van der Waals surface area contributed by atoms with Gasteiger partial charge in [-0.15, -0.1) is 0 Å². The number of carbonyl (C=O) groups is 2. The van der Waals surface area contributed by atoms with Crippen molar-refractivity contribution in [2.24, 2.45) is 0 Å². The van der Waals surface area contributed by atoms with Crippen LogP contribution in [0, 0.1) is 5.82 Å². The van der Waals surface area contributed by atoms with E-state index >= 15 is 0 Å². The molecule has 1 aliphatic rings. The van der Waals surface area contributed by atoms with Crippen molar-refractivity contribution in [2.75, 3.05) is 6.54 Å². The molecule has 0 unspecified atom stereocenters. The van der Waals surface area contributed by atoms with Crippen molar-refractivity contribution in [1.29, 1.82) is 0 Å². The number of fused-ring (bicyclic) bond motifs is 1. The molecule has 5 rings (SSSR count). The van der Waals surface area contributed by atoms with Gasteiger partial charge in [0, 0.05) is 12.6 Å². The molecule has 0 radical (unpaired) electrons. The van der Waals surface area contributed by atoms with E-state index in [1.54, 1.807) is 0 Å². The zero-order valence-corrected chi connectivity index (χ0v) is 19.6. The highest BCUT2D eigenvalue weighted by molar-refractivity contribution is 5.85. The Morgan fingerprint density at radius 3 is 2.54 bits per heavy atom. The molecule has 1 aromatic heterocycles. The standard InChI is InChI=1S/C28H22FNO7/c29-19-8-10-20(11-9-19)36-25-17-34-24-15-21(12-13-22(24)26(25)31)37-27(32)23-7-4-14-30(23)28(33)35-16-18-5-2-1-3-6-18/h1-3,5-6,8-13,15,17,23H,4,7,14,16H2/t23-/m0/s1. The predicted molar refractivity (Wildman–Crippen MR) is 131 cm³/mol. The second-order valence-electron chi connectivity index (χ2n) is 8.46. The van der Waals surface area contributed by atoms with E-state index in [0.717, 1.165) is 11.8 Å². The minimum absolute atomic E-state index is 0.0699. The fourth-order valence-electron chi connectivity index (χ4n) is 4.07. The number of nitrogens with zero attached hydrogens (tertiary/aromatic N) is 1. The molecule has 0 aliphatic carbocycles. The summed E-state index contributed by atoms with van der Waals surface area (Å²) in [5, 5.41) is 0.214. The van der Waals surface area contributed by atoms with Gasteiger partial charge in [-0.25, -0.2) is 14.0 Å². The van der Waals surface area contributed by atoms with Crippen molar-refractivity contribution < 1.29 is 32.6 Å². The second-order valence-corrected chi connectivity index (χ2v) is 8.46. The first kappa shape index (κ1) is 24.1. The molecular weight excluding hydrogens is 481 g/mol. The summed E-state index contributed by atoms with van der Waals surface area (Å²) in [5.74, 6) is -0.657. The van der Waals surface area contributed by atoms with Crippen molar-refractivity contribution in [1.82, 2.24) is 4.90 Å². The molecule has 9 heteroatoms. The average molecular weight is 503 g/mol. The van der Waals surface area contributed by atoms with Crippen LogP contribution in [0.25, 0.3) is 11.0 Å². The zero-order valence-electron chi connectivity index (χ0n) is 19.6. The number of benzene rings is 3. The SMILES string of the molecule is O=C(Oc1ccc2c(=O)c(Oc3ccc(F)cc3)coc2c1)[C@@H]1CCCN1C(=O)OCc1ccccc1. The van der Waals surface area contributed by atoms with Gasteiger partial charge in [-0.3, -0.25) is 9.69 Å². The summed E-state index contributed by atoms with van der Waals surface area (Å²) in [6.07, 6.45) is 1.65. The van der Waals surface area contributed by atoms with E-state index in [1.165, 1.54) is 47.4 Å². The number of esters is 1. The number of likely N-dealkylation sites (tertiary alicyclic amines) is 1. The predicted octanol–water partition coefficient (Wildman–Crippen LogP) is 5.43. The molecule has 188 valence electrons. The Morgan fingerprint density at radius 1 is 1.00 bits per heavy atom. The van der Waals surface area contributed by atoms with Crippen molar-refractivity contribution in [3.8, 4) is 17.2 Å². The van der Waals surface area contributed by atoms with Gasteiger partial charge in [-0.2, -0.15) is 0 Å². The third-order valence-electron chi connectivity index (χ3n) is 5.94. The lowest BCUT2D eigenvalue weighted by Gasteiger charge is -2.22. The van der Waals surface area contributed by atoms with Crippen LogP contribution < -0.4 is 14.9 Å². The van der Waals surface area contributed by atoms with Crippen LogP contribution in [0.3, 0.4) is 0 Å². The van der Waals surface area contributed by atoms with Crippen LogP contribution in [0.5, 0.6) is 17.2 Å². The van der Waals surface area contributed by atoms with Gasteiger partial charge in [-0.05, 0) is 54.8 Å². The highest BCUT2D eigenvalue weighted by atomic mass is 19.1. The molecule has 1 atom stereocenters. The number of rotatable bonds is 6. The topological polar surface area (TPSA) is 95.3 Å². The quantitative estimate of drug-likeness (QED) is 0.256. The summed E-state index contributed by atoms with van der Waals surface area (Å²) in [6, 6.07) is 18.0. The van der Waals surface area contributed by atoms with E-state index in [9.17, 15) is 18.8 Å². The van der Waals surface area contributed by atoms with Crippen molar-refractivity contribution >= 4 is 23.0 Å². The normalized spacial score (nSPS) is 14.9. The van der Waals surface area contributed by atoms with Crippen LogP contribution in [0.4, 0.5) is 9.18 Å². The summed E-state index contributed by atoms with van der Waals surface area (Å²) in [7, 11) is 0. The summed E-state index contributed by atoms with van der Waals surface area (Å²) in [5.41, 5.74) is 0.594. The summed E-state index contributed by atoms with van der Waals surface area (Å²) in [4.78, 5) is 39.6. The molecule has 2 heterocycles. The van der Waals surface area contributed by atoms with Crippen molar-refractivity contribution in [3.05, 3.63) is 101 Å². The molecule has 1 saturated heterocycles. The summed E-state index contributed by atoms with van der Waals surface area (Å²) >= 11 is 0. The minimum atomic E-state index is -0.780. The first-order valence-electron chi connectivity index (χ1n) is 11.7. The number of ether oxygens (including phenoxy) is 3. The van der Waals surface area contributed by atoms with Crippen LogP contribution in [0.2, 0.25) is 0 Å². The number of hydrogen-bond acceptors (Lipinski definition) is 7. The van der Waals surface area contributed by atoms with Gasteiger partial charge in [0.25, 0.3) is 0 Å². The van der Waals surface area contributed by atoms with Crippen LogP contribution in [-0.4, -0.2) is 29.5 Å². The molecule has 0 N–H and O–H groups in total. The largest absolute Gasteiger partial charge is 0.460 e. The average Bonchev–Trinajstić information content (AvgIpc) is 3.41. The maximum Gasteiger partial charge on any atom is 0.410 e. The van der Waals surface area contributed by atoms with Crippen LogP contribution in [0.15, 0.2) is 88.3 Å². The lowest BCUT2D eigenvalue weighted by molar-refractivity contribution is -0.139. The van der Waals surface area contributed by atoms with Gasteiger partial charge in [0.15, 0.2) is 0 Å². The minimum Gasteiger partial charge on any atom is -0.460 e. The molecule has 1 amide bonds. The molecular formula is C28H22FNO7. The van der Waals surface area contributed by atoms with E-state index in [0.29, 0.717) is 19.4 Å². The maximum absolute atomic E-state index is 13.1. The van der Waals surface area contributed by atoms with Crippen molar-refractivity contribution in [3.63, 3.8) is 0 Å². The van der Waals surface area contributed by atoms with Gasteiger partial charge in [0.1, 0.15) is 41.8 Å². The van der Waals surface area contributed by atoms with Gasteiger partial charge in [-0.1, -0.05) is 30.3 Å². The molecule has 37 heavy (non-hydrogen) atoms. The third-order valence-corrected chi connectivity index (χ3v) is 5.94. The first-order chi connectivity index (χ1) is 18.0. The summed E-state index contributed by atoms with van der Waals surface area (Å²) in [6.45, 7) is 0.491. The van der Waals surface area contributed by atoms with E-state index in [4.69, 9.17) is 18.6 Å². The molecule has 1 aliphatic heterocycles. The Bertz CT molecular complexity index is 1480. The monoisotopic (exact) mass is 503 g/mol. The number of carbonyl (C=O) groups excluding carboxylic acids is 2. The number of halogens is 1. The Morgan fingerprint density at radius 2 is 1.76 bits per heavy atom. The fraction of sp³-hybridized carbons (Fsp3) is 0.179. The lowest BCUT2D eigenvalue weighted by Crippen LogP contribution is -2.42. The van der Waals surface area contributed by atoms with Crippen LogP contribution in [0.1, 0.15) is 18.4 Å². The van der Waals surface area contributed by atoms with E-state index in [-0.39, 0.29) is 34.8 Å². The second kappa shape index (κ2) is 10.5. The molecule has 0 bridgehead atoms. The maximum atomic E-state index is 13.1. The zero-order chi connectivity index (χ0) is 25.8. The smallest absolute Gasteiger partial charge is 0.410 e. The molecule has 8 nitrogen and oxygen atoms in total. The Kier molecular flexibility index (Phi) is 6.85. The highest BCUT2D eigenvalue weighted by Gasteiger charge is 2.36. The van der Waals surface area contributed by atoms with Crippen LogP contribution >= 0.6 is 0 Å². The molecule has 0 saturated carbocycles. The van der Waals surface area contributed by atoms with Gasteiger partial charge in [0.2, 0.25) is 11.2 Å². The Labute approximate surface area is 210 Å². The van der Waals surface area contributed by atoms with E-state index in [1.807, 2.05) is 30.3 Å². The lowest BCUT2D eigenvalue weighted by atomic mass is 10.2. The van der Waals surface area contributed by atoms with E-state index in [2.05, 4.69) is 0 Å². The Hall–Kier alpha value is -4.66. The highest BCUT2D eigenvalue weighted by Crippen LogP contribution is 2.26.